The Bertz CT molecular complexity index is 766. The minimum atomic E-state index is -0.153. The van der Waals surface area contributed by atoms with Gasteiger partial charge >= 0.3 is 0 Å². The van der Waals surface area contributed by atoms with Crippen molar-refractivity contribution in [2.45, 2.75) is 18.9 Å². The highest BCUT2D eigenvalue weighted by atomic mass is 35.5. The van der Waals surface area contributed by atoms with Crippen LogP contribution in [0.5, 0.6) is 0 Å². The largest absolute Gasteiger partial charge is 0.451 e. The van der Waals surface area contributed by atoms with Crippen molar-refractivity contribution in [1.29, 1.82) is 0 Å². The molecule has 0 unspecified atom stereocenters. The second kappa shape index (κ2) is 6.43. The first kappa shape index (κ1) is 16.0. The Hall–Kier alpha value is -1.49. The van der Waals surface area contributed by atoms with Gasteiger partial charge in [0.2, 0.25) is 0 Å². The lowest BCUT2D eigenvalue weighted by molar-refractivity contribution is 0.0606. The highest BCUT2D eigenvalue weighted by Crippen LogP contribution is 2.30. The Morgan fingerprint density at radius 3 is 2.58 bits per heavy atom. The molecule has 1 N–H and O–H groups in total. The zero-order valence-corrected chi connectivity index (χ0v) is 14.6. The predicted molar refractivity (Wildman–Crippen MR) is 94.6 cm³/mol. The number of piperidine rings is 3. The van der Waals surface area contributed by atoms with E-state index in [1.165, 1.54) is 0 Å². The highest BCUT2D eigenvalue weighted by molar-refractivity contribution is 6.42. The summed E-state index contributed by atoms with van der Waals surface area (Å²) in [6.45, 7) is 3.25. The molecule has 2 bridgehead atoms. The average molecular weight is 365 g/mol. The van der Waals surface area contributed by atoms with E-state index < -0.39 is 0 Å². The van der Waals surface area contributed by atoms with Crippen LogP contribution in [0.25, 0.3) is 11.3 Å². The lowest BCUT2D eigenvalue weighted by Gasteiger charge is -2.44. The van der Waals surface area contributed by atoms with Gasteiger partial charge in [-0.05, 0) is 62.2 Å². The fourth-order valence-corrected chi connectivity index (χ4v) is 3.93. The summed E-state index contributed by atoms with van der Waals surface area (Å²) in [5.74, 6) is 1.36. The van der Waals surface area contributed by atoms with E-state index in [2.05, 4.69) is 10.2 Å². The molecule has 0 aliphatic carbocycles. The Balaban J connectivity index is 1.48. The summed E-state index contributed by atoms with van der Waals surface area (Å²) in [6, 6.07) is 8.98. The van der Waals surface area contributed by atoms with Crippen molar-refractivity contribution in [2.75, 3.05) is 19.6 Å². The van der Waals surface area contributed by atoms with Gasteiger partial charge in [-0.15, -0.1) is 0 Å². The topological polar surface area (TPSA) is 45.5 Å². The van der Waals surface area contributed by atoms with Crippen molar-refractivity contribution in [3.05, 3.63) is 46.1 Å². The molecule has 3 aliphatic rings. The number of halogens is 2. The molecule has 4 nitrogen and oxygen atoms in total. The highest BCUT2D eigenvalue weighted by Gasteiger charge is 2.35. The van der Waals surface area contributed by atoms with Gasteiger partial charge in [0.05, 0.1) is 10.0 Å². The number of nitrogens with one attached hydrogen (secondary N) is 1. The van der Waals surface area contributed by atoms with Gasteiger partial charge in [0.15, 0.2) is 5.76 Å². The molecule has 0 saturated carbocycles. The van der Waals surface area contributed by atoms with Crippen LogP contribution < -0.4 is 5.32 Å². The third kappa shape index (κ3) is 3.06. The SMILES string of the molecule is O=C(N[C@H]1CN2CCC1CC2)c1ccc(-c2ccc(Cl)c(Cl)c2)o1. The number of rotatable bonds is 3. The molecule has 6 heteroatoms. The van der Waals surface area contributed by atoms with Crippen LogP contribution in [0.1, 0.15) is 23.4 Å². The van der Waals surface area contributed by atoms with Gasteiger partial charge in [-0.1, -0.05) is 23.2 Å². The zero-order valence-electron chi connectivity index (χ0n) is 13.1. The smallest absolute Gasteiger partial charge is 0.287 e. The molecule has 0 radical (unpaired) electrons. The number of nitrogens with zero attached hydrogens (tertiary/aromatic N) is 1. The summed E-state index contributed by atoms with van der Waals surface area (Å²) in [5.41, 5.74) is 0.797. The van der Waals surface area contributed by atoms with Crippen LogP contribution in [0.2, 0.25) is 10.0 Å². The summed E-state index contributed by atoms with van der Waals surface area (Å²) in [7, 11) is 0. The van der Waals surface area contributed by atoms with Crippen LogP contribution >= 0.6 is 23.2 Å². The lowest BCUT2D eigenvalue weighted by Crippen LogP contribution is -2.57. The molecule has 1 amide bonds. The maximum Gasteiger partial charge on any atom is 0.287 e. The Morgan fingerprint density at radius 2 is 1.92 bits per heavy atom. The number of amides is 1. The molecule has 24 heavy (non-hydrogen) atoms. The first-order valence-electron chi connectivity index (χ1n) is 8.18. The number of hydrogen-bond donors (Lipinski definition) is 1. The van der Waals surface area contributed by atoms with Gasteiger partial charge in [0.25, 0.3) is 5.91 Å². The van der Waals surface area contributed by atoms with E-state index in [1.54, 1.807) is 24.3 Å². The standard InChI is InChI=1S/C18H18Cl2N2O2/c19-13-2-1-12(9-14(13)20)16-3-4-17(24-16)18(23)21-15-10-22-7-5-11(15)6-8-22/h1-4,9,11,15H,5-8,10H2,(H,21,23)/t15-/m0/s1. The molecule has 3 saturated heterocycles. The van der Waals surface area contributed by atoms with Gasteiger partial charge in [-0.3, -0.25) is 4.79 Å². The van der Waals surface area contributed by atoms with Crippen LogP contribution in [-0.2, 0) is 0 Å². The Labute approximate surface area is 150 Å². The molecule has 2 aromatic rings. The van der Waals surface area contributed by atoms with Gasteiger partial charge in [0, 0.05) is 18.2 Å². The van der Waals surface area contributed by atoms with Crippen LogP contribution in [0.15, 0.2) is 34.7 Å². The molecule has 3 aliphatic heterocycles. The number of benzene rings is 1. The quantitative estimate of drug-likeness (QED) is 0.892. The summed E-state index contributed by atoms with van der Waals surface area (Å²) in [4.78, 5) is 14.9. The fraction of sp³-hybridized carbons (Fsp3) is 0.389. The third-order valence-corrected chi connectivity index (χ3v) is 5.75. The summed E-state index contributed by atoms with van der Waals surface area (Å²) < 4.78 is 5.72. The molecule has 1 atom stereocenters. The average Bonchev–Trinajstić information content (AvgIpc) is 3.09. The minimum Gasteiger partial charge on any atom is -0.451 e. The third-order valence-electron chi connectivity index (χ3n) is 5.01. The zero-order chi connectivity index (χ0) is 16.7. The second-order valence-corrected chi connectivity index (χ2v) is 7.33. The molecule has 5 rings (SSSR count). The van der Waals surface area contributed by atoms with E-state index in [4.69, 9.17) is 27.6 Å². The molecule has 1 aromatic heterocycles. The van der Waals surface area contributed by atoms with Crippen molar-refractivity contribution in [3.8, 4) is 11.3 Å². The summed E-state index contributed by atoms with van der Waals surface area (Å²) in [6.07, 6.45) is 2.33. The van der Waals surface area contributed by atoms with Crippen molar-refractivity contribution < 1.29 is 9.21 Å². The van der Waals surface area contributed by atoms with Gasteiger partial charge in [-0.25, -0.2) is 0 Å². The molecular formula is C18H18Cl2N2O2. The van der Waals surface area contributed by atoms with Crippen LogP contribution in [0, 0.1) is 5.92 Å². The predicted octanol–water partition coefficient (Wildman–Crippen LogP) is 4.08. The maximum absolute atomic E-state index is 12.5. The molecule has 3 fully saturated rings. The van der Waals surface area contributed by atoms with Crippen molar-refractivity contribution in [2.24, 2.45) is 5.92 Å². The normalized spacial score (nSPS) is 25.7. The maximum atomic E-state index is 12.5. The van der Waals surface area contributed by atoms with Crippen molar-refractivity contribution in [1.82, 2.24) is 10.2 Å². The molecule has 4 heterocycles. The fourth-order valence-electron chi connectivity index (χ4n) is 3.63. The molecule has 0 spiro atoms. The van der Waals surface area contributed by atoms with E-state index >= 15 is 0 Å². The summed E-state index contributed by atoms with van der Waals surface area (Å²) >= 11 is 12.0. The Morgan fingerprint density at radius 1 is 1.12 bits per heavy atom. The number of carbonyl (C=O) groups is 1. The first-order valence-corrected chi connectivity index (χ1v) is 8.94. The number of furan rings is 1. The second-order valence-electron chi connectivity index (χ2n) is 6.51. The molecule has 1 aromatic carbocycles. The lowest BCUT2D eigenvalue weighted by atomic mass is 9.84. The van der Waals surface area contributed by atoms with Gasteiger partial charge in [-0.2, -0.15) is 0 Å². The minimum absolute atomic E-state index is 0.153. The number of fused-ring (bicyclic) bond motifs is 3. The monoisotopic (exact) mass is 364 g/mol. The van der Waals surface area contributed by atoms with Gasteiger partial charge < -0.3 is 14.6 Å². The number of hydrogen-bond acceptors (Lipinski definition) is 3. The molecular weight excluding hydrogens is 347 g/mol. The van der Waals surface area contributed by atoms with E-state index in [9.17, 15) is 4.79 Å². The van der Waals surface area contributed by atoms with E-state index in [1.807, 2.05) is 6.07 Å². The Kier molecular flexibility index (Phi) is 4.29. The van der Waals surface area contributed by atoms with Crippen molar-refractivity contribution >= 4 is 29.1 Å². The van der Waals surface area contributed by atoms with Crippen LogP contribution in [-0.4, -0.2) is 36.5 Å². The van der Waals surface area contributed by atoms with E-state index in [0.29, 0.717) is 27.5 Å². The van der Waals surface area contributed by atoms with Gasteiger partial charge in [0.1, 0.15) is 5.76 Å². The van der Waals surface area contributed by atoms with Crippen molar-refractivity contribution in [3.63, 3.8) is 0 Å². The van der Waals surface area contributed by atoms with E-state index in [-0.39, 0.29) is 11.9 Å². The van der Waals surface area contributed by atoms with Crippen LogP contribution in [0.3, 0.4) is 0 Å². The van der Waals surface area contributed by atoms with E-state index in [0.717, 1.165) is 38.0 Å². The first-order chi connectivity index (χ1) is 11.6. The molecule has 126 valence electrons. The summed E-state index contributed by atoms with van der Waals surface area (Å²) in [5, 5.41) is 4.09. The number of carbonyl (C=O) groups excluding carboxylic acids is 1. The van der Waals surface area contributed by atoms with Crippen LogP contribution in [0.4, 0.5) is 0 Å².